The van der Waals surface area contributed by atoms with E-state index in [1.807, 2.05) is 24.5 Å². The van der Waals surface area contributed by atoms with E-state index in [1.165, 1.54) is 11.1 Å². The minimum Gasteiger partial charge on any atom is -0.351 e. The van der Waals surface area contributed by atoms with E-state index in [4.69, 9.17) is 17.2 Å². The van der Waals surface area contributed by atoms with Gasteiger partial charge in [0.25, 0.3) is 0 Å². The number of hydrogen-bond donors (Lipinski definition) is 1. The molecule has 4 heterocycles. The van der Waals surface area contributed by atoms with E-state index in [2.05, 4.69) is 96.0 Å². The SMILES string of the molecule is CCc1ccc(N2C(=S)N[C@@H](c3ccccn3)[C@H]2c2cc(C)n(-c3ccc(C)cn3)c2C)cc1. The van der Waals surface area contributed by atoms with Crippen molar-refractivity contribution in [2.75, 3.05) is 4.90 Å². The van der Waals surface area contributed by atoms with Gasteiger partial charge < -0.3 is 14.8 Å². The topological polar surface area (TPSA) is 46.0 Å². The summed E-state index contributed by atoms with van der Waals surface area (Å²) in [5.74, 6) is 0.925. The third-order valence-electron chi connectivity index (χ3n) is 6.63. The van der Waals surface area contributed by atoms with E-state index in [-0.39, 0.29) is 12.1 Å². The van der Waals surface area contributed by atoms with Crippen LogP contribution in [0.15, 0.2) is 73.1 Å². The van der Waals surface area contributed by atoms with Crippen molar-refractivity contribution in [3.63, 3.8) is 0 Å². The van der Waals surface area contributed by atoms with Crippen molar-refractivity contribution >= 4 is 23.0 Å². The van der Waals surface area contributed by atoms with Crippen LogP contribution in [0.2, 0.25) is 0 Å². The van der Waals surface area contributed by atoms with Crippen LogP contribution in [0.1, 0.15) is 52.8 Å². The molecular weight excluding hydrogens is 438 g/mol. The van der Waals surface area contributed by atoms with E-state index in [1.54, 1.807) is 0 Å². The maximum atomic E-state index is 5.90. The number of aromatic nitrogens is 3. The van der Waals surface area contributed by atoms with Crippen molar-refractivity contribution in [1.29, 1.82) is 0 Å². The number of rotatable bonds is 5. The minimum absolute atomic E-state index is 0.0414. The lowest BCUT2D eigenvalue weighted by molar-refractivity contribution is 0.565. The van der Waals surface area contributed by atoms with E-state index >= 15 is 0 Å². The molecule has 0 unspecified atom stereocenters. The first-order chi connectivity index (χ1) is 16.5. The van der Waals surface area contributed by atoms with Gasteiger partial charge in [0.1, 0.15) is 5.82 Å². The zero-order chi connectivity index (χ0) is 23.8. The van der Waals surface area contributed by atoms with E-state index in [0.29, 0.717) is 5.11 Å². The van der Waals surface area contributed by atoms with Crippen LogP contribution in [0.3, 0.4) is 0 Å². The molecule has 0 spiro atoms. The molecule has 34 heavy (non-hydrogen) atoms. The Labute approximate surface area is 206 Å². The molecule has 1 saturated heterocycles. The monoisotopic (exact) mass is 467 g/mol. The normalized spacial score (nSPS) is 17.8. The Balaban J connectivity index is 1.66. The van der Waals surface area contributed by atoms with Crippen LogP contribution in [0, 0.1) is 20.8 Å². The summed E-state index contributed by atoms with van der Waals surface area (Å²) in [6.07, 6.45) is 4.77. The Kier molecular flexibility index (Phi) is 5.92. The van der Waals surface area contributed by atoms with Crippen LogP contribution in [0.4, 0.5) is 5.69 Å². The largest absolute Gasteiger partial charge is 0.351 e. The lowest BCUT2D eigenvalue weighted by Gasteiger charge is -2.28. The summed E-state index contributed by atoms with van der Waals surface area (Å²) in [5, 5.41) is 4.28. The second-order valence-corrected chi connectivity index (χ2v) is 9.26. The molecule has 3 aromatic heterocycles. The Hall–Kier alpha value is -3.51. The highest BCUT2D eigenvalue weighted by atomic mass is 32.1. The summed E-state index contributed by atoms with van der Waals surface area (Å²) >= 11 is 5.90. The number of hydrogen-bond acceptors (Lipinski definition) is 3. The number of benzene rings is 1. The maximum Gasteiger partial charge on any atom is 0.174 e. The lowest BCUT2D eigenvalue weighted by atomic mass is 9.96. The molecule has 0 radical (unpaired) electrons. The smallest absolute Gasteiger partial charge is 0.174 e. The first kappa shape index (κ1) is 22.3. The van der Waals surface area contributed by atoms with Gasteiger partial charge in [-0.15, -0.1) is 0 Å². The highest BCUT2D eigenvalue weighted by molar-refractivity contribution is 7.80. The quantitative estimate of drug-likeness (QED) is 0.369. The third kappa shape index (κ3) is 3.88. The molecule has 0 bridgehead atoms. The van der Waals surface area contributed by atoms with Crippen LogP contribution in [0.5, 0.6) is 0 Å². The predicted octanol–water partition coefficient (Wildman–Crippen LogP) is 5.93. The summed E-state index contributed by atoms with van der Waals surface area (Å²) in [7, 11) is 0. The summed E-state index contributed by atoms with van der Waals surface area (Å²) in [6.45, 7) is 8.53. The van der Waals surface area contributed by atoms with Gasteiger partial charge in [0.05, 0.1) is 17.8 Å². The van der Waals surface area contributed by atoms with Gasteiger partial charge in [0.2, 0.25) is 0 Å². The predicted molar refractivity (Wildman–Crippen MR) is 142 cm³/mol. The molecule has 0 amide bonds. The second kappa shape index (κ2) is 9.03. The molecule has 4 aromatic rings. The van der Waals surface area contributed by atoms with Gasteiger partial charge in [-0.3, -0.25) is 4.98 Å². The van der Waals surface area contributed by atoms with Crippen molar-refractivity contribution in [1.82, 2.24) is 19.9 Å². The fourth-order valence-corrected chi connectivity index (χ4v) is 5.22. The van der Waals surface area contributed by atoms with Gasteiger partial charge in [-0.1, -0.05) is 31.2 Å². The third-order valence-corrected chi connectivity index (χ3v) is 6.95. The summed E-state index contributed by atoms with van der Waals surface area (Å²) in [4.78, 5) is 11.6. The standard InChI is InChI=1S/C28H29N5S/c1-5-21-10-12-22(13-11-21)33-27(26(31-28(33)34)24-8-6-7-15-29-24)23-16-19(3)32(20(23)4)25-14-9-18(2)17-30-25/h6-17,26-27H,5H2,1-4H3,(H,31,34)/t26-,27+/m0/s1. The molecule has 1 aliphatic heterocycles. The van der Waals surface area contributed by atoms with Crippen molar-refractivity contribution in [3.8, 4) is 5.82 Å². The van der Waals surface area contributed by atoms with Gasteiger partial charge >= 0.3 is 0 Å². The fourth-order valence-electron chi connectivity index (χ4n) is 4.87. The van der Waals surface area contributed by atoms with Crippen molar-refractivity contribution in [2.45, 2.75) is 46.2 Å². The summed E-state index contributed by atoms with van der Waals surface area (Å²) in [5.41, 5.74) is 8.01. The van der Waals surface area contributed by atoms with Crippen molar-refractivity contribution in [3.05, 3.63) is 107 Å². The zero-order valence-corrected chi connectivity index (χ0v) is 20.8. The van der Waals surface area contributed by atoms with E-state index in [0.717, 1.165) is 40.6 Å². The number of pyridine rings is 2. The molecule has 1 aliphatic rings. The van der Waals surface area contributed by atoms with Crippen LogP contribution in [-0.4, -0.2) is 19.6 Å². The Morgan fingerprint density at radius 1 is 0.971 bits per heavy atom. The molecule has 5 nitrogen and oxygen atoms in total. The van der Waals surface area contributed by atoms with Gasteiger partial charge in [0.15, 0.2) is 5.11 Å². The molecule has 172 valence electrons. The lowest BCUT2D eigenvalue weighted by Crippen LogP contribution is -2.29. The van der Waals surface area contributed by atoms with Gasteiger partial charge in [-0.25, -0.2) is 4.98 Å². The van der Waals surface area contributed by atoms with Crippen LogP contribution >= 0.6 is 12.2 Å². The van der Waals surface area contributed by atoms with Gasteiger partial charge in [-0.2, -0.15) is 0 Å². The van der Waals surface area contributed by atoms with E-state index in [9.17, 15) is 0 Å². The Bertz CT molecular complexity index is 1310. The Morgan fingerprint density at radius 2 is 1.76 bits per heavy atom. The molecular formula is C28H29N5S. The van der Waals surface area contributed by atoms with Crippen molar-refractivity contribution in [2.24, 2.45) is 0 Å². The second-order valence-electron chi connectivity index (χ2n) is 8.87. The number of nitrogens with zero attached hydrogens (tertiary/aromatic N) is 4. The van der Waals surface area contributed by atoms with Crippen molar-refractivity contribution < 1.29 is 0 Å². The molecule has 1 fully saturated rings. The number of aryl methyl sites for hydroxylation is 3. The highest BCUT2D eigenvalue weighted by Crippen LogP contribution is 2.43. The first-order valence-corrected chi connectivity index (χ1v) is 12.1. The molecule has 5 rings (SSSR count). The average molecular weight is 468 g/mol. The maximum absolute atomic E-state index is 5.90. The van der Waals surface area contributed by atoms with Crippen LogP contribution in [0.25, 0.3) is 5.82 Å². The highest BCUT2D eigenvalue weighted by Gasteiger charge is 2.42. The summed E-state index contributed by atoms with van der Waals surface area (Å²) < 4.78 is 2.23. The van der Waals surface area contributed by atoms with Gasteiger partial charge in [0, 0.05) is 29.5 Å². The molecule has 1 aromatic carbocycles. The average Bonchev–Trinajstić information content (AvgIpc) is 3.35. The van der Waals surface area contributed by atoms with Gasteiger partial charge in [-0.05, 0) is 92.5 Å². The van der Waals surface area contributed by atoms with Crippen LogP contribution < -0.4 is 10.2 Å². The minimum atomic E-state index is -0.0699. The zero-order valence-electron chi connectivity index (χ0n) is 20.0. The first-order valence-electron chi connectivity index (χ1n) is 11.7. The number of nitrogens with one attached hydrogen (secondary N) is 1. The Morgan fingerprint density at radius 3 is 2.41 bits per heavy atom. The molecule has 6 heteroatoms. The van der Waals surface area contributed by atoms with Crippen LogP contribution in [-0.2, 0) is 6.42 Å². The molecule has 2 atom stereocenters. The summed E-state index contributed by atoms with van der Waals surface area (Å²) in [6, 6.07) is 21.1. The van der Waals surface area contributed by atoms with E-state index < -0.39 is 0 Å². The molecule has 0 aliphatic carbocycles. The number of thiocarbonyl (C=S) groups is 1. The fraction of sp³-hybridized carbons (Fsp3) is 0.250. The number of anilines is 1. The molecule has 1 N–H and O–H groups in total. The molecule has 0 saturated carbocycles.